The van der Waals surface area contributed by atoms with Crippen LogP contribution in [-0.2, 0) is 10.0 Å². The number of halogens is 2. The van der Waals surface area contributed by atoms with Crippen molar-refractivity contribution >= 4 is 43.4 Å². The minimum atomic E-state index is -3.19. The molecule has 0 atom stereocenters. The second-order valence-electron chi connectivity index (χ2n) is 2.93. The largest absolute Gasteiger partial charge is 0.368 e. The van der Waals surface area contributed by atoms with Crippen molar-refractivity contribution in [3.05, 3.63) is 21.8 Å². The van der Waals surface area contributed by atoms with Crippen LogP contribution in [-0.4, -0.2) is 32.7 Å². The molecule has 8 heteroatoms. The predicted molar refractivity (Wildman–Crippen MR) is 68.3 cm³/mol. The number of pyridine rings is 1. The van der Waals surface area contributed by atoms with Crippen LogP contribution in [0.2, 0.25) is 5.02 Å². The molecule has 1 rings (SSSR count). The standard InChI is InChI=1S/C8H11BrClN3O2S/c1-11-16(14,15)3-2-12-8-7(9)4-6(10)5-13-8/h4-5,11H,2-3H2,1H3,(H,12,13). The van der Waals surface area contributed by atoms with Gasteiger partial charge in [-0.05, 0) is 29.0 Å². The molecule has 5 nitrogen and oxygen atoms in total. The Hall–Kier alpha value is -0.370. The summed E-state index contributed by atoms with van der Waals surface area (Å²) < 4.78 is 25.2. The highest BCUT2D eigenvalue weighted by atomic mass is 79.9. The van der Waals surface area contributed by atoms with E-state index in [0.717, 1.165) is 0 Å². The second-order valence-corrected chi connectivity index (χ2v) is 6.27. The lowest BCUT2D eigenvalue weighted by Crippen LogP contribution is -2.26. The quantitative estimate of drug-likeness (QED) is 0.858. The van der Waals surface area contributed by atoms with Gasteiger partial charge in [0.15, 0.2) is 0 Å². The number of hydrogen-bond acceptors (Lipinski definition) is 4. The maximum atomic E-state index is 11.1. The van der Waals surface area contributed by atoms with Crippen molar-refractivity contribution < 1.29 is 8.42 Å². The molecule has 0 fully saturated rings. The maximum Gasteiger partial charge on any atom is 0.213 e. The van der Waals surface area contributed by atoms with Gasteiger partial charge in [-0.2, -0.15) is 0 Å². The number of nitrogens with one attached hydrogen (secondary N) is 2. The Morgan fingerprint density at radius 2 is 2.25 bits per heavy atom. The Kier molecular flexibility index (Phi) is 4.97. The van der Waals surface area contributed by atoms with Gasteiger partial charge in [-0.1, -0.05) is 11.6 Å². The van der Waals surface area contributed by atoms with E-state index in [1.165, 1.54) is 13.2 Å². The molecular weight excluding hydrogens is 318 g/mol. The topological polar surface area (TPSA) is 71.1 Å². The van der Waals surface area contributed by atoms with Crippen molar-refractivity contribution in [1.29, 1.82) is 0 Å². The monoisotopic (exact) mass is 327 g/mol. The highest BCUT2D eigenvalue weighted by Crippen LogP contribution is 2.22. The van der Waals surface area contributed by atoms with Crippen LogP contribution >= 0.6 is 27.5 Å². The summed E-state index contributed by atoms with van der Waals surface area (Å²) >= 11 is 8.99. The zero-order chi connectivity index (χ0) is 12.2. The molecule has 0 spiro atoms. The summed E-state index contributed by atoms with van der Waals surface area (Å²) in [5.74, 6) is 0.552. The highest BCUT2D eigenvalue weighted by molar-refractivity contribution is 9.10. The van der Waals surface area contributed by atoms with Gasteiger partial charge >= 0.3 is 0 Å². The molecule has 0 radical (unpaired) electrons. The summed E-state index contributed by atoms with van der Waals surface area (Å²) in [6.45, 7) is 0.274. The smallest absolute Gasteiger partial charge is 0.213 e. The number of anilines is 1. The molecule has 0 aliphatic heterocycles. The minimum absolute atomic E-state index is 0.0136. The minimum Gasteiger partial charge on any atom is -0.368 e. The van der Waals surface area contributed by atoms with Crippen LogP contribution in [0, 0.1) is 0 Å². The van der Waals surface area contributed by atoms with Gasteiger partial charge < -0.3 is 5.32 Å². The van der Waals surface area contributed by atoms with Crippen molar-refractivity contribution in [3.8, 4) is 0 Å². The third kappa shape index (κ3) is 4.25. The third-order valence-electron chi connectivity index (χ3n) is 1.78. The molecule has 1 aromatic heterocycles. The lowest BCUT2D eigenvalue weighted by atomic mass is 10.4. The van der Waals surface area contributed by atoms with Gasteiger partial charge in [0.1, 0.15) is 5.82 Å². The van der Waals surface area contributed by atoms with Crippen LogP contribution in [0.4, 0.5) is 5.82 Å². The lowest BCUT2D eigenvalue weighted by Gasteiger charge is -2.07. The Bertz CT molecular complexity index is 466. The van der Waals surface area contributed by atoms with Gasteiger partial charge in [0.05, 0.1) is 15.2 Å². The number of nitrogens with zero attached hydrogens (tertiary/aromatic N) is 1. The fourth-order valence-corrected chi connectivity index (χ4v) is 2.30. The number of hydrogen-bond donors (Lipinski definition) is 2. The van der Waals surface area contributed by atoms with Gasteiger partial charge in [0.2, 0.25) is 10.0 Å². The molecule has 16 heavy (non-hydrogen) atoms. The summed E-state index contributed by atoms with van der Waals surface area (Å²) in [5.41, 5.74) is 0. The number of sulfonamides is 1. The second kappa shape index (κ2) is 5.81. The zero-order valence-electron chi connectivity index (χ0n) is 8.50. The predicted octanol–water partition coefficient (Wildman–Crippen LogP) is 1.46. The average Bonchev–Trinajstić information content (AvgIpc) is 2.21. The molecular formula is C8H11BrClN3O2S. The molecule has 90 valence electrons. The first-order chi connectivity index (χ1) is 7.44. The van der Waals surface area contributed by atoms with Crippen molar-refractivity contribution in [2.75, 3.05) is 24.7 Å². The normalized spacial score (nSPS) is 11.4. The van der Waals surface area contributed by atoms with Crippen molar-refractivity contribution in [2.24, 2.45) is 0 Å². The van der Waals surface area contributed by atoms with Crippen LogP contribution in [0.5, 0.6) is 0 Å². The molecule has 0 aliphatic carbocycles. The van der Waals surface area contributed by atoms with E-state index < -0.39 is 10.0 Å². The molecule has 1 aromatic rings. The Balaban J connectivity index is 2.56. The molecule has 0 aliphatic rings. The summed E-state index contributed by atoms with van der Waals surface area (Å²) in [7, 11) is -1.81. The molecule has 0 amide bonds. The molecule has 0 saturated heterocycles. The van der Waals surface area contributed by atoms with Gasteiger partial charge in [0, 0.05) is 12.7 Å². The lowest BCUT2D eigenvalue weighted by molar-refractivity contribution is 0.588. The van der Waals surface area contributed by atoms with Crippen molar-refractivity contribution in [2.45, 2.75) is 0 Å². The van der Waals surface area contributed by atoms with E-state index in [1.807, 2.05) is 0 Å². The average molecular weight is 329 g/mol. The summed E-state index contributed by atoms with van der Waals surface area (Å²) in [5, 5.41) is 3.41. The van der Waals surface area contributed by atoms with Crippen molar-refractivity contribution in [3.63, 3.8) is 0 Å². The molecule has 0 saturated carbocycles. The number of aromatic nitrogens is 1. The van der Waals surface area contributed by atoms with E-state index in [4.69, 9.17) is 11.6 Å². The van der Waals surface area contributed by atoms with E-state index in [2.05, 4.69) is 31.0 Å². The van der Waals surface area contributed by atoms with Crippen molar-refractivity contribution in [1.82, 2.24) is 9.71 Å². The summed E-state index contributed by atoms with van der Waals surface area (Å²) in [6.07, 6.45) is 1.49. The fourth-order valence-electron chi connectivity index (χ4n) is 0.951. The summed E-state index contributed by atoms with van der Waals surface area (Å²) in [6, 6.07) is 1.68. The number of rotatable bonds is 5. The van der Waals surface area contributed by atoms with Gasteiger partial charge in [0.25, 0.3) is 0 Å². The van der Waals surface area contributed by atoms with Crippen LogP contribution in [0.15, 0.2) is 16.7 Å². The first-order valence-corrected chi connectivity index (χ1v) is 7.23. The SMILES string of the molecule is CNS(=O)(=O)CCNc1ncc(Cl)cc1Br. The van der Waals surface area contributed by atoms with Crippen LogP contribution in [0.25, 0.3) is 0 Å². The van der Waals surface area contributed by atoms with E-state index >= 15 is 0 Å². The molecule has 2 N–H and O–H groups in total. The Labute approximate surface area is 108 Å². The van der Waals surface area contributed by atoms with E-state index in [0.29, 0.717) is 15.3 Å². The first kappa shape index (κ1) is 13.7. The first-order valence-electron chi connectivity index (χ1n) is 4.41. The van der Waals surface area contributed by atoms with E-state index in [9.17, 15) is 8.42 Å². The fraction of sp³-hybridized carbons (Fsp3) is 0.375. The Morgan fingerprint density at radius 3 is 2.81 bits per heavy atom. The Morgan fingerprint density at radius 1 is 1.56 bits per heavy atom. The van der Waals surface area contributed by atoms with Crippen LogP contribution in [0.3, 0.4) is 0 Å². The van der Waals surface area contributed by atoms with Gasteiger partial charge in [-0.3, -0.25) is 0 Å². The zero-order valence-corrected chi connectivity index (χ0v) is 11.7. The van der Waals surface area contributed by atoms with Crippen LogP contribution < -0.4 is 10.0 Å². The van der Waals surface area contributed by atoms with Crippen LogP contribution in [0.1, 0.15) is 0 Å². The molecule has 0 bridgehead atoms. The molecule has 0 aromatic carbocycles. The highest BCUT2D eigenvalue weighted by Gasteiger charge is 2.07. The summed E-state index contributed by atoms with van der Waals surface area (Å²) in [4.78, 5) is 4.02. The molecule has 1 heterocycles. The van der Waals surface area contributed by atoms with E-state index in [1.54, 1.807) is 6.07 Å². The molecule has 0 unspecified atom stereocenters. The van der Waals surface area contributed by atoms with E-state index in [-0.39, 0.29) is 12.3 Å². The van der Waals surface area contributed by atoms with Gasteiger partial charge in [-0.15, -0.1) is 0 Å². The third-order valence-corrected chi connectivity index (χ3v) is 3.96. The maximum absolute atomic E-state index is 11.1. The van der Waals surface area contributed by atoms with Gasteiger partial charge in [-0.25, -0.2) is 18.1 Å².